The molecule has 0 spiro atoms. The fourth-order valence-corrected chi connectivity index (χ4v) is 4.29. The Morgan fingerprint density at radius 3 is 2.38 bits per heavy atom. The van der Waals surface area contributed by atoms with Gasteiger partial charge in [-0.1, -0.05) is 19.1 Å². The third-order valence-corrected chi connectivity index (χ3v) is 6.01. The average Bonchev–Trinajstić information content (AvgIpc) is 2.60. The largest absolute Gasteiger partial charge is 0.633 e. The van der Waals surface area contributed by atoms with E-state index in [4.69, 9.17) is 0 Å². The van der Waals surface area contributed by atoms with Crippen LogP contribution >= 0.6 is 0 Å². The highest BCUT2D eigenvalue weighted by atomic mass is 19.4. The Morgan fingerprint density at radius 2 is 1.81 bits per heavy atom. The Bertz CT molecular complexity index is 593. The summed E-state index contributed by atoms with van der Waals surface area (Å²) in [6.07, 6.45) is -2.53. The van der Waals surface area contributed by atoms with Crippen LogP contribution < -0.4 is 5.32 Å². The molecule has 7 heteroatoms. The monoisotopic (exact) mass is 371 g/mol. The van der Waals surface area contributed by atoms with E-state index in [1.54, 1.807) is 19.2 Å². The number of hydrogen-bond donors (Lipinski definition) is 1. The van der Waals surface area contributed by atoms with Gasteiger partial charge >= 0.3 is 6.18 Å². The normalized spacial score (nSPS) is 32.4. The van der Waals surface area contributed by atoms with Crippen molar-refractivity contribution in [3.8, 4) is 0 Å². The van der Waals surface area contributed by atoms with Gasteiger partial charge in [0.05, 0.1) is 25.7 Å². The van der Waals surface area contributed by atoms with Crippen LogP contribution in [-0.4, -0.2) is 61.4 Å². The van der Waals surface area contributed by atoms with Crippen LogP contribution in [0.4, 0.5) is 13.2 Å². The zero-order valence-electron chi connectivity index (χ0n) is 15.4. The smallest absolute Gasteiger partial charge is 0.416 e. The molecule has 2 saturated heterocycles. The van der Waals surface area contributed by atoms with Crippen molar-refractivity contribution in [1.82, 2.24) is 10.2 Å². The van der Waals surface area contributed by atoms with Crippen LogP contribution in [0.2, 0.25) is 0 Å². The van der Waals surface area contributed by atoms with Crippen LogP contribution in [0.5, 0.6) is 0 Å². The van der Waals surface area contributed by atoms with Gasteiger partial charge in [0.25, 0.3) is 0 Å². The fourth-order valence-electron chi connectivity index (χ4n) is 4.29. The lowest BCUT2D eigenvalue weighted by Crippen LogP contribution is -2.60. The maximum atomic E-state index is 12.8. The van der Waals surface area contributed by atoms with Gasteiger partial charge in [-0.15, -0.1) is 0 Å². The molecule has 26 heavy (non-hydrogen) atoms. The number of likely N-dealkylation sites (tertiary alicyclic amines) is 1. The average molecular weight is 371 g/mol. The Kier molecular flexibility index (Phi) is 5.63. The van der Waals surface area contributed by atoms with Gasteiger partial charge in [-0.25, -0.2) is 0 Å². The van der Waals surface area contributed by atoms with Crippen LogP contribution in [0.25, 0.3) is 0 Å². The van der Waals surface area contributed by atoms with E-state index in [0.717, 1.165) is 38.0 Å². The van der Waals surface area contributed by atoms with Crippen LogP contribution in [0.3, 0.4) is 0 Å². The summed E-state index contributed by atoms with van der Waals surface area (Å²) in [5, 5.41) is 15.5. The number of nitrogens with one attached hydrogen (secondary N) is 1. The van der Waals surface area contributed by atoms with Gasteiger partial charge in [-0.05, 0) is 23.6 Å². The number of piperidine rings is 1. The topological polar surface area (TPSA) is 38.3 Å². The molecular formula is C19H28F3N3O. The third kappa shape index (κ3) is 4.39. The van der Waals surface area contributed by atoms with Crippen molar-refractivity contribution in [1.29, 1.82) is 0 Å². The first-order chi connectivity index (χ1) is 12.2. The molecule has 2 atom stereocenters. The van der Waals surface area contributed by atoms with Crippen molar-refractivity contribution in [2.24, 2.45) is 0 Å². The molecule has 0 aliphatic carbocycles. The molecule has 2 heterocycles. The lowest BCUT2D eigenvalue weighted by molar-refractivity contribution is -0.866. The Morgan fingerprint density at radius 1 is 1.19 bits per heavy atom. The molecule has 146 valence electrons. The van der Waals surface area contributed by atoms with Gasteiger partial charge < -0.3 is 15.2 Å². The number of hydroxylamine groups is 3. The number of nitrogens with zero attached hydrogens (tertiary/aromatic N) is 2. The second-order valence-corrected chi connectivity index (χ2v) is 7.89. The first-order valence-corrected chi connectivity index (χ1v) is 9.36. The highest BCUT2D eigenvalue weighted by Crippen LogP contribution is 2.33. The van der Waals surface area contributed by atoms with Crippen LogP contribution in [0.1, 0.15) is 36.8 Å². The third-order valence-electron chi connectivity index (χ3n) is 6.01. The Hall–Kier alpha value is -1.15. The Balaban J connectivity index is 1.73. The molecule has 0 bridgehead atoms. The predicted octanol–water partition coefficient (Wildman–Crippen LogP) is 3.19. The molecule has 0 radical (unpaired) electrons. The van der Waals surface area contributed by atoms with Gasteiger partial charge in [0.15, 0.2) is 0 Å². The highest BCUT2D eigenvalue weighted by Gasteiger charge is 2.36. The molecule has 2 fully saturated rings. The van der Waals surface area contributed by atoms with E-state index in [0.29, 0.717) is 19.1 Å². The number of alkyl halides is 3. The van der Waals surface area contributed by atoms with Crippen LogP contribution in [0.15, 0.2) is 24.3 Å². The van der Waals surface area contributed by atoms with E-state index in [1.165, 1.54) is 12.1 Å². The van der Waals surface area contributed by atoms with Crippen molar-refractivity contribution < 1.29 is 17.8 Å². The number of hydrogen-bond acceptors (Lipinski definition) is 3. The molecule has 0 amide bonds. The number of rotatable bonds is 3. The van der Waals surface area contributed by atoms with E-state index in [9.17, 15) is 18.4 Å². The molecule has 0 aromatic heterocycles. The molecule has 1 aromatic rings. The molecule has 4 nitrogen and oxygen atoms in total. The number of benzene rings is 1. The zero-order chi connectivity index (χ0) is 18.9. The van der Waals surface area contributed by atoms with Gasteiger partial charge in [0.2, 0.25) is 0 Å². The van der Waals surface area contributed by atoms with Gasteiger partial charge in [-0.3, -0.25) is 4.90 Å². The summed E-state index contributed by atoms with van der Waals surface area (Å²) in [4.78, 5) is 2.48. The van der Waals surface area contributed by atoms with Crippen LogP contribution in [0, 0.1) is 5.21 Å². The second-order valence-electron chi connectivity index (χ2n) is 7.89. The molecule has 1 N–H and O–H groups in total. The van der Waals surface area contributed by atoms with Crippen molar-refractivity contribution in [2.45, 2.75) is 43.9 Å². The van der Waals surface area contributed by atoms with Crippen molar-refractivity contribution in [3.63, 3.8) is 0 Å². The summed E-state index contributed by atoms with van der Waals surface area (Å²) in [6, 6.07) is 6.17. The minimum atomic E-state index is -4.30. The molecule has 3 rings (SSSR count). The SMILES string of the molecule is C[C@@H](c1ccc(C(F)(F)F)cc1)C1CNCCN1C1CC[N+](C)([O-])CC1. The summed E-state index contributed by atoms with van der Waals surface area (Å²) in [7, 11) is 1.73. The van der Waals surface area contributed by atoms with E-state index < -0.39 is 11.7 Å². The van der Waals surface area contributed by atoms with Crippen LogP contribution in [-0.2, 0) is 6.18 Å². The van der Waals surface area contributed by atoms with E-state index in [1.807, 2.05) is 0 Å². The zero-order valence-corrected chi connectivity index (χ0v) is 15.4. The fraction of sp³-hybridized carbons (Fsp3) is 0.684. The second kappa shape index (κ2) is 7.46. The minimum absolute atomic E-state index is 0.125. The Labute approximate surface area is 153 Å². The van der Waals surface area contributed by atoms with E-state index >= 15 is 0 Å². The highest BCUT2D eigenvalue weighted by molar-refractivity contribution is 5.28. The maximum Gasteiger partial charge on any atom is 0.416 e. The lowest BCUT2D eigenvalue weighted by atomic mass is 9.88. The number of halogens is 3. The van der Waals surface area contributed by atoms with Gasteiger partial charge in [-0.2, -0.15) is 13.2 Å². The molecular weight excluding hydrogens is 343 g/mol. The first kappa shape index (κ1) is 19.6. The molecule has 2 aliphatic rings. The first-order valence-electron chi connectivity index (χ1n) is 9.36. The summed E-state index contributed by atoms with van der Waals surface area (Å²) < 4.78 is 38.2. The van der Waals surface area contributed by atoms with Crippen molar-refractivity contribution >= 4 is 0 Å². The maximum absolute atomic E-state index is 12.8. The number of piperazine rings is 1. The van der Waals surface area contributed by atoms with Gasteiger partial charge in [0.1, 0.15) is 0 Å². The minimum Gasteiger partial charge on any atom is -0.633 e. The van der Waals surface area contributed by atoms with Gasteiger partial charge in [0, 0.05) is 44.6 Å². The quantitative estimate of drug-likeness (QED) is 0.655. The summed E-state index contributed by atoms with van der Waals surface area (Å²) in [6.45, 7) is 6.01. The summed E-state index contributed by atoms with van der Waals surface area (Å²) in [5.41, 5.74) is 0.323. The summed E-state index contributed by atoms with van der Waals surface area (Å²) in [5.74, 6) is 0.125. The molecule has 0 saturated carbocycles. The van der Waals surface area contributed by atoms with Crippen molar-refractivity contribution in [2.75, 3.05) is 39.8 Å². The summed E-state index contributed by atoms with van der Waals surface area (Å²) >= 11 is 0. The molecule has 2 aliphatic heterocycles. The lowest BCUT2D eigenvalue weighted by Gasteiger charge is -2.50. The molecule has 1 unspecified atom stereocenters. The number of quaternary nitrogens is 1. The van der Waals surface area contributed by atoms with E-state index in [2.05, 4.69) is 17.1 Å². The van der Waals surface area contributed by atoms with Crippen molar-refractivity contribution in [3.05, 3.63) is 40.6 Å². The molecule has 1 aromatic carbocycles. The predicted molar refractivity (Wildman–Crippen MR) is 95.5 cm³/mol. The standard InChI is InChI=1S/C19H28F3N3O/c1-14(15-3-5-16(6-4-15)19(20,21)22)18-13-23-9-10-24(18)17-7-11-25(2,26)12-8-17/h3-6,14,17-18,23H,7-13H2,1-2H3/t14-,17?,18?,25?/m0/s1. The van der Waals surface area contributed by atoms with E-state index in [-0.39, 0.29) is 16.6 Å².